The lowest BCUT2D eigenvalue weighted by molar-refractivity contribution is 0.559. The topological polar surface area (TPSA) is 77.2 Å². The molecule has 11 heavy (non-hydrogen) atoms. The van der Waals surface area contributed by atoms with Gasteiger partial charge in [0.05, 0.1) is 0 Å². The number of anilines is 1. The van der Waals surface area contributed by atoms with Crippen LogP contribution in [0.3, 0.4) is 0 Å². The highest BCUT2D eigenvalue weighted by Crippen LogP contribution is 1.95. The lowest BCUT2D eigenvalue weighted by atomic mass is 10.3. The van der Waals surface area contributed by atoms with E-state index in [-0.39, 0.29) is 0 Å². The van der Waals surface area contributed by atoms with E-state index in [4.69, 9.17) is 18.4 Å². The zero-order valence-electron chi connectivity index (χ0n) is 5.60. The predicted molar refractivity (Wildman–Crippen MR) is 40.6 cm³/mol. The summed E-state index contributed by atoms with van der Waals surface area (Å²) in [5, 5.41) is 0. The predicted octanol–water partition coefficient (Wildman–Crippen LogP) is 0.265. The van der Waals surface area contributed by atoms with E-state index in [1.807, 2.05) is 30.3 Å². The summed E-state index contributed by atoms with van der Waals surface area (Å²) in [6.45, 7) is 0. The number of benzene rings is 1. The van der Waals surface area contributed by atoms with Crippen LogP contribution < -0.4 is 5.73 Å². The summed E-state index contributed by atoms with van der Waals surface area (Å²) < 4.78 is 25.3. The maximum atomic E-state index is 8.44. The first-order valence-corrected chi connectivity index (χ1v) is 3.70. The number of hydrogen-bond acceptors (Lipinski definition) is 4. The molecule has 2 N–H and O–H groups in total. The Morgan fingerprint density at radius 3 is 1.55 bits per heavy atom. The number of rotatable bonds is 0. The van der Waals surface area contributed by atoms with Gasteiger partial charge in [0, 0.05) is 5.69 Å². The molecular formula is C6H7NO3S. The van der Waals surface area contributed by atoms with Crippen molar-refractivity contribution in [3.8, 4) is 0 Å². The fourth-order valence-electron chi connectivity index (χ4n) is 0.453. The van der Waals surface area contributed by atoms with Crippen LogP contribution in [0, 0.1) is 0 Å². The van der Waals surface area contributed by atoms with Crippen LogP contribution in [-0.2, 0) is 10.6 Å². The first kappa shape index (κ1) is 9.64. The number of nitrogen functional groups attached to an aromatic ring is 1. The molecule has 0 amide bonds. The highest BCUT2D eigenvalue weighted by Gasteiger charge is 1.72. The van der Waals surface area contributed by atoms with Gasteiger partial charge in [-0.25, -0.2) is 0 Å². The van der Waals surface area contributed by atoms with Gasteiger partial charge >= 0.3 is 10.6 Å². The first-order valence-electron chi connectivity index (χ1n) is 2.70. The number of hydrogen-bond donors (Lipinski definition) is 1. The summed E-state index contributed by atoms with van der Waals surface area (Å²) >= 11 is 0. The van der Waals surface area contributed by atoms with Crippen molar-refractivity contribution in [2.45, 2.75) is 0 Å². The van der Waals surface area contributed by atoms with Gasteiger partial charge in [-0.15, -0.1) is 12.6 Å². The monoisotopic (exact) mass is 173 g/mol. The Hall–Kier alpha value is -1.36. The van der Waals surface area contributed by atoms with Crippen LogP contribution in [-0.4, -0.2) is 12.6 Å². The average Bonchev–Trinajstić information content (AvgIpc) is 1.87. The summed E-state index contributed by atoms with van der Waals surface area (Å²) in [6.07, 6.45) is 0. The van der Waals surface area contributed by atoms with Crippen molar-refractivity contribution in [1.82, 2.24) is 0 Å². The minimum Gasteiger partial charge on any atom is -0.399 e. The molecule has 0 spiro atoms. The van der Waals surface area contributed by atoms with Crippen molar-refractivity contribution in [3.63, 3.8) is 0 Å². The Bertz CT molecular complexity index is 284. The standard InChI is InChI=1S/C6H7N.O3S/c7-6-4-2-1-3-5-6;1-4(2)3/h1-5H,7H2;. The molecule has 0 aliphatic carbocycles. The van der Waals surface area contributed by atoms with E-state index in [1.165, 1.54) is 0 Å². The van der Waals surface area contributed by atoms with Gasteiger partial charge in [0.15, 0.2) is 0 Å². The Kier molecular flexibility index (Phi) is 4.76. The number of nitrogens with two attached hydrogens (primary N) is 1. The van der Waals surface area contributed by atoms with Crippen molar-refractivity contribution in [1.29, 1.82) is 0 Å². The van der Waals surface area contributed by atoms with Gasteiger partial charge in [-0.05, 0) is 12.1 Å². The normalized spacial score (nSPS) is 7.64. The molecule has 1 rings (SSSR count). The second-order valence-electron chi connectivity index (χ2n) is 1.61. The van der Waals surface area contributed by atoms with Gasteiger partial charge in [0.25, 0.3) is 0 Å². The van der Waals surface area contributed by atoms with Crippen LogP contribution in [0.2, 0.25) is 0 Å². The molecule has 0 saturated heterocycles. The minimum absolute atomic E-state index is 0.822. The third kappa shape index (κ3) is 8.64. The van der Waals surface area contributed by atoms with Crippen molar-refractivity contribution in [2.24, 2.45) is 0 Å². The third-order valence-corrected chi connectivity index (χ3v) is 0.800. The van der Waals surface area contributed by atoms with Gasteiger partial charge in [-0.1, -0.05) is 18.2 Å². The summed E-state index contributed by atoms with van der Waals surface area (Å²) in [5.74, 6) is 0. The lowest BCUT2D eigenvalue weighted by Crippen LogP contribution is -1.79. The molecule has 0 atom stereocenters. The molecule has 0 aliphatic rings. The quantitative estimate of drug-likeness (QED) is 0.571. The van der Waals surface area contributed by atoms with Crippen LogP contribution in [0.15, 0.2) is 30.3 Å². The lowest BCUT2D eigenvalue weighted by Gasteiger charge is -1.83. The van der Waals surface area contributed by atoms with Crippen LogP contribution in [0.5, 0.6) is 0 Å². The van der Waals surface area contributed by atoms with E-state index in [0.29, 0.717) is 0 Å². The largest absolute Gasteiger partial charge is 0.425 e. The molecule has 60 valence electrons. The SMILES string of the molecule is Nc1ccccc1.O=S(=O)=O. The zero-order chi connectivity index (χ0) is 8.69. The molecule has 0 saturated carbocycles. The summed E-state index contributed by atoms with van der Waals surface area (Å²) in [5.41, 5.74) is 6.18. The Morgan fingerprint density at radius 2 is 1.36 bits per heavy atom. The van der Waals surface area contributed by atoms with E-state index in [0.717, 1.165) is 5.69 Å². The fraction of sp³-hybridized carbons (Fsp3) is 0. The summed E-state index contributed by atoms with van der Waals surface area (Å²) in [7, 11) is -3.11. The van der Waals surface area contributed by atoms with Crippen LogP contribution in [0.1, 0.15) is 0 Å². The summed E-state index contributed by atoms with van der Waals surface area (Å²) in [4.78, 5) is 0. The van der Waals surface area contributed by atoms with E-state index >= 15 is 0 Å². The first-order chi connectivity index (χ1) is 5.13. The van der Waals surface area contributed by atoms with Gasteiger partial charge in [-0.2, -0.15) is 0 Å². The Balaban J connectivity index is 0.000000218. The third-order valence-electron chi connectivity index (χ3n) is 0.800. The number of para-hydroxylation sites is 1. The molecular weight excluding hydrogens is 166 g/mol. The summed E-state index contributed by atoms with van der Waals surface area (Å²) in [6, 6.07) is 9.49. The minimum atomic E-state index is -3.11. The van der Waals surface area contributed by atoms with Crippen LogP contribution in [0.4, 0.5) is 5.69 Å². The smallest absolute Gasteiger partial charge is 0.399 e. The van der Waals surface area contributed by atoms with E-state index in [2.05, 4.69) is 0 Å². The molecule has 0 aromatic heterocycles. The maximum absolute atomic E-state index is 8.44. The fourth-order valence-corrected chi connectivity index (χ4v) is 0.453. The van der Waals surface area contributed by atoms with Crippen LogP contribution in [0.25, 0.3) is 0 Å². The molecule has 0 radical (unpaired) electrons. The van der Waals surface area contributed by atoms with Crippen LogP contribution >= 0.6 is 0 Å². The Labute approximate surface area is 65.7 Å². The molecule has 0 heterocycles. The van der Waals surface area contributed by atoms with Crippen molar-refractivity contribution in [3.05, 3.63) is 30.3 Å². The van der Waals surface area contributed by atoms with Gasteiger partial charge in [-0.3, -0.25) is 0 Å². The molecule has 0 fully saturated rings. The van der Waals surface area contributed by atoms with Crippen molar-refractivity contribution in [2.75, 3.05) is 5.73 Å². The van der Waals surface area contributed by atoms with E-state index in [9.17, 15) is 0 Å². The molecule has 1 aromatic carbocycles. The second-order valence-corrected chi connectivity index (χ2v) is 2.02. The molecule has 5 heteroatoms. The van der Waals surface area contributed by atoms with Gasteiger partial charge < -0.3 is 5.73 Å². The molecule has 0 unspecified atom stereocenters. The maximum Gasteiger partial charge on any atom is 0.425 e. The molecule has 0 bridgehead atoms. The van der Waals surface area contributed by atoms with Crippen molar-refractivity contribution >= 4 is 16.3 Å². The molecule has 1 aromatic rings. The molecule has 4 nitrogen and oxygen atoms in total. The van der Waals surface area contributed by atoms with Gasteiger partial charge in [0.2, 0.25) is 0 Å². The Morgan fingerprint density at radius 1 is 1.00 bits per heavy atom. The average molecular weight is 173 g/mol. The van der Waals surface area contributed by atoms with E-state index < -0.39 is 10.6 Å². The second kappa shape index (κ2) is 5.43. The van der Waals surface area contributed by atoms with Gasteiger partial charge in [0.1, 0.15) is 0 Å². The van der Waals surface area contributed by atoms with Crippen molar-refractivity contribution < 1.29 is 12.6 Å². The highest BCUT2D eigenvalue weighted by molar-refractivity contribution is 7.59. The highest BCUT2D eigenvalue weighted by atomic mass is 32.2. The molecule has 0 aliphatic heterocycles. The van der Waals surface area contributed by atoms with E-state index in [1.54, 1.807) is 0 Å². The zero-order valence-corrected chi connectivity index (χ0v) is 6.41.